The third-order valence-corrected chi connectivity index (χ3v) is 8.69. The molecule has 2 aromatic carbocycles. The van der Waals surface area contributed by atoms with Crippen LogP contribution >= 0.6 is 0 Å². The molecule has 0 bridgehead atoms. The number of amides is 1. The lowest BCUT2D eigenvalue weighted by Gasteiger charge is -2.39. The number of anilines is 1. The average molecular weight is 569 g/mol. The highest BCUT2D eigenvalue weighted by atomic mass is 16.1. The maximum Gasteiger partial charge on any atom is 0.253 e. The Hall–Kier alpha value is -4.31. The van der Waals surface area contributed by atoms with Crippen LogP contribution in [0.4, 0.5) is 5.69 Å². The Morgan fingerprint density at radius 1 is 0.929 bits per heavy atom. The number of tetrazole rings is 1. The molecule has 42 heavy (non-hydrogen) atoms. The molecule has 220 valence electrons. The van der Waals surface area contributed by atoms with Crippen molar-refractivity contribution in [2.45, 2.75) is 65.1 Å². The van der Waals surface area contributed by atoms with Gasteiger partial charge in [0.25, 0.3) is 11.5 Å². The van der Waals surface area contributed by atoms with Crippen molar-refractivity contribution in [3.8, 4) is 22.5 Å². The minimum Gasteiger partial charge on any atom is -0.371 e. The van der Waals surface area contributed by atoms with Gasteiger partial charge in [0.05, 0.1) is 0 Å². The Labute approximate surface area is 246 Å². The lowest BCUT2D eigenvalue weighted by atomic mass is 9.88. The predicted octanol–water partition coefficient (Wildman–Crippen LogP) is 4.39. The van der Waals surface area contributed by atoms with Gasteiger partial charge in [0.1, 0.15) is 0 Å². The summed E-state index contributed by atoms with van der Waals surface area (Å²) in [4.78, 5) is 33.8. The molecule has 0 radical (unpaired) electrons. The largest absolute Gasteiger partial charge is 0.371 e. The molecule has 10 heteroatoms. The Bertz CT molecular complexity index is 1600. The van der Waals surface area contributed by atoms with Gasteiger partial charge in [-0.1, -0.05) is 24.3 Å². The number of H-pyrrole nitrogens is 2. The fraction of sp³-hybridized carbons (Fsp3) is 0.406. The summed E-state index contributed by atoms with van der Waals surface area (Å²) in [7, 11) is 6.45. The van der Waals surface area contributed by atoms with Crippen molar-refractivity contribution in [2.75, 3.05) is 26.0 Å². The number of rotatable bonds is 8. The van der Waals surface area contributed by atoms with Crippen LogP contribution in [0.15, 0.2) is 47.3 Å². The molecule has 2 heterocycles. The number of nitrogens with one attached hydrogen (secondary N) is 3. The minimum atomic E-state index is -0.205. The molecule has 0 unspecified atom stereocenters. The van der Waals surface area contributed by atoms with E-state index in [4.69, 9.17) is 0 Å². The van der Waals surface area contributed by atoms with Crippen LogP contribution in [0.1, 0.15) is 58.4 Å². The topological polar surface area (TPSA) is 123 Å². The molecular weight excluding hydrogens is 528 g/mol. The first-order valence-corrected chi connectivity index (χ1v) is 14.5. The summed E-state index contributed by atoms with van der Waals surface area (Å²) in [6, 6.07) is 15.0. The van der Waals surface area contributed by atoms with Gasteiger partial charge in [-0.2, -0.15) is 5.21 Å². The fourth-order valence-corrected chi connectivity index (χ4v) is 6.09. The van der Waals surface area contributed by atoms with E-state index in [0.29, 0.717) is 29.0 Å². The zero-order valence-corrected chi connectivity index (χ0v) is 25.3. The fourth-order valence-electron chi connectivity index (χ4n) is 6.09. The van der Waals surface area contributed by atoms with Crippen molar-refractivity contribution in [3.63, 3.8) is 0 Å². The molecule has 10 nitrogen and oxygen atoms in total. The normalized spacial score (nSPS) is 16.9. The van der Waals surface area contributed by atoms with Gasteiger partial charge in [0, 0.05) is 53.7 Å². The maximum atomic E-state index is 13.7. The molecular formula is C32H40N8O2. The predicted molar refractivity (Wildman–Crippen MR) is 166 cm³/mol. The van der Waals surface area contributed by atoms with Crippen LogP contribution in [0.2, 0.25) is 0 Å². The number of nitrogens with zero attached hydrogens (tertiary/aromatic N) is 5. The van der Waals surface area contributed by atoms with Crippen molar-refractivity contribution in [1.29, 1.82) is 0 Å². The molecule has 1 amide bonds. The van der Waals surface area contributed by atoms with E-state index < -0.39 is 0 Å². The molecule has 0 aliphatic heterocycles. The van der Waals surface area contributed by atoms with Gasteiger partial charge in [0.15, 0.2) is 0 Å². The number of hydrogen-bond donors (Lipinski definition) is 3. The third kappa shape index (κ3) is 6.13. The molecule has 0 atom stereocenters. The molecule has 1 fully saturated rings. The quantitative estimate of drug-likeness (QED) is 0.288. The van der Waals surface area contributed by atoms with E-state index in [1.807, 2.05) is 57.2 Å². The van der Waals surface area contributed by atoms with Gasteiger partial charge < -0.3 is 20.1 Å². The Morgan fingerprint density at radius 2 is 1.60 bits per heavy atom. The van der Waals surface area contributed by atoms with Crippen LogP contribution in [-0.4, -0.2) is 69.6 Å². The second-order valence-corrected chi connectivity index (χ2v) is 11.6. The van der Waals surface area contributed by atoms with Crippen LogP contribution < -0.4 is 15.8 Å². The first kappa shape index (κ1) is 29.2. The van der Waals surface area contributed by atoms with Crippen LogP contribution in [0.25, 0.3) is 22.5 Å². The van der Waals surface area contributed by atoms with E-state index in [1.165, 1.54) is 0 Å². The Morgan fingerprint density at radius 3 is 2.21 bits per heavy atom. The van der Waals surface area contributed by atoms with E-state index in [1.54, 1.807) is 0 Å². The summed E-state index contributed by atoms with van der Waals surface area (Å²) in [5.41, 5.74) is 7.39. The van der Waals surface area contributed by atoms with Crippen molar-refractivity contribution in [3.05, 3.63) is 80.8 Å². The summed E-state index contributed by atoms with van der Waals surface area (Å²) in [6.45, 7) is 5.92. The summed E-state index contributed by atoms with van der Waals surface area (Å²) in [5.74, 6) is 0.323. The smallest absolute Gasteiger partial charge is 0.253 e. The highest BCUT2D eigenvalue weighted by Gasteiger charge is 2.27. The van der Waals surface area contributed by atoms with Crippen LogP contribution in [0, 0.1) is 20.8 Å². The number of carbonyl (C=O) groups excluding carboxylic acids is 1. The van der Waals surface area contributed by atoms with Crippen LogP contribution in [0.3, 0.4) is 0 Å². The van der Waals surface area contributed by atoms with Gasteiger partial charge in [-0.05, 0) is 106 Å². The highest BCUT2D eigenvalue weighted by molar-refractivity contribution is 5.99. The Kier molecular flexibility index (Phi) is 8.54. The molecule has 2 aromatic heterocycles. The van der Waals surface area contributed by atoms with Crippen LogP contribution in [0.5, 0.6) is 0 Å². The van der Waals surface area contributed by atoms with E-state index >= 15 is 0 Å². The number of benzene rings is 2. The number of hydrogen-bond acceptors (Lipinski definition) is 7. The number of carbonyl (C=O) groups is 1. The zero-order chi connectivity index (χ0) is 30.0. The van der Waals surface area contributed by atoms with Gasteiger partial charge in [0.2, 0.25) is 5.82 Å². The Balaban J connectivity index is 1.48. The number of pyridine rings is 1. The molecule has 1 aliphatic rings. The van der Waals surface area contributed by atoms with Crippen molar-refractivity contribution >= 4 is 11.6 Å². The molecule has 4 aromatic rings. The van der Waals surface area contributed by atoms with Crippen LogP contribution in [-0.2, 0) is 6.54 Å². The van der Waals surface area contributed by atoms with E-state index in [9.17, 15) is 9.59 Å². The molecule has 0 spiro atoms. The molecule has 3 N–H and O–H groups in total. The summed E-state index contributed by atoms with van der Waals surface area (Å²) in [5, 5.41) is 17.3. The molecule has 1 saturated carbocycles. The third-order valence-electron chi connectivity index (χ3n) is 8.69. The van der Waals surface area contributed by atoms with E-state index in [2.05, 4.69) is 67.9 Å². The zero-order valence-electron chi connectivity index (χ0n) is 25.3. The standard InChI is InChI=1S/C32H40N8O2/c1-19-15-20(2)34-32(42)28(19)18-33-31(41)27-16-24(22-7-9-23(10-8-22)30-35-37-38-36-30)17-29(21(27)3)40(6)26-13-11-25(12-14-26)39(4)5/h7-10,15-17,25-26H,11-14,18H2,1-6H3,(H,33,41)(H,34,42)(H,35,36,37,38)/t25-,26-. The van der Waals surface area contributed by atoms with Crippen molar-refractivity contribution in [1.82, 2.24) is 35.8 Å². The lowest BCUT2D eigenvalue weighted by molar-refractivity contribution is 0.0950. The summed E-state index contributed by atoms with van der Waals surface area (Å²) >= 11 is 0. The summed E-state index contributed by atoms with van der Waals surface area (Å²) < 4.78 is 0. The van der Waals surface area contributed by atoms with Gasteiger partial charge >= 0.3 is 0 Å². The van der Waals surface area contributed by atoms with Gasteiger partial charge in [-0.25, -0.2) is 0 Å². The second kappa shape index (κ2) is 12.3. The molecule has 0 saturated heterocycles. The second-order valence-electron chi connectivity index (χ2n) is 11.6. The molecule has 1 aliphatic carbocycles. The minimum absolute atomic E-state index is 0.156. The van der Waals surface area contributed by atoms with Crippen molar-refractivity contribution < 1.29 is 4.79 Å². The average Bonchev–Trinajstić information content (AvgIpc) is 3.52. The number of aryl methyl sites for hydroxylation is 2. The lowest BCUT2D eigenvalue weighted by Crippen LogP contribution is -2.40. The maximum absolute atomic E-state index is 13.7. The van der Waals surface area contributed by atoms with Gasteiger partial charge in [-0.15, -0.1) is 10.2 Å². The highest BCUT2D eigenvalue weighted by Crippen LogP contribution is 2.35. The number of aromatic nitrogens is 5. The van der Waals surface area contributed by atoms with E-state index in [-0.39, 0.29) is 18.0 Å². The summed E-state index contributed by atoms with van der Waals surface area (Å²) in [6.07, 6.45) is 4.49. The van der Waals surface area contributed by atoms with Gasteiger partial charge in [-0.3, -0.25) is 9.59 Å². The molecule has 5 rings (SSSR count). The monoisotopic (exact) mass is 568 g/mol. The first-order valence-electron chi connectivity index (χ1n) is 14.5. The van der Waals surface area contributed by atoms with E-state index in [0.717, 1.165) is 64.9 Å². The first-order chi connectivity index (χ1) is 20.1. The number of aromatic amines is 2. The SMILES string of the molecule is Cc1cc(C)c(CNC(=O)c2cc(-c3ccc(-c4nn[nH]n4)cc3)cc(N(C)[C@H]3CC[C@H](N(C)C)CC3)c2C)c(=O)[nH]1. The van der Waals surface area contributed by atoms with Crippen molar-refractivity contribution in [2.24, 2.45) is 0 Å².